The summed E-state index contributed by atoms with van der Waals surface area (Å²) in [6.45, 7) is 2.17. The van der Waals surface area contributed by atoms with Crippen LogP contribution < -0.4 is 11.4 Å². The first-order valence-electron chi connectivity index (χ1n) is 4.44. The molecule has 0 atom stereocenters. The van der Waals surface area contributed by atoms with Crippen molar-refractivity contribution in [1.29, 1.82) is 0 Å². The van der Waals surface area contributed by atoms with Crippen molar-refractivity contribution < 1.29 is 4.42 Å². The van der Waals surface area contributed by atoms with Crippen molar-refractivity contribution in [2.24, 2.45) is 5.73 Å². The number of fused-ring (bicyclic) bond motifs is 1. The van der Waals surface area contributed by atoms with Gasteiger partial charge >= 0.3 is 5.63 Å². The van der Waals surface area contributed by atoms with E-state index in [9.17, 15) is 4.79 Å². The Kier molecular flexibility index (Phi) is 2.09. The molecule has 0 radical (unpaired) electrons. The Balaban J connectivity index is 2.79. The quantitative estimate of drug-likeness (QED) is 0.692. The van der Waals surface area contributed by atoms with Gasteiger partial charge in [0.25, 0.3) is 0 Å². The first-order chi connectivity index (χ1) is 6.70. The van der Waals surface area contributed by atoms with E-state index in [1.165, 1.54) is 0 Å². The Hall–Kier alpha value is -1.61. The zero-order valence-corrected chi connectivity index (χ0v) is 7.91. The predicted molar refractivity (Wildman–Crippen MR) is 55.1 cm³/mol. The van der Waals surface area contributed by atoms with E-state index in [-0.39, 0.29) is 12.2 Å². The van der Waals surface area contributed by atoms with Gasteiger partial charge in [-0.25, -0.2) is 4.79 Å². The third-order valence-electron chi connectivity index (χ3n) is 2.18. The smallest absolute Gasteiger partial charge is 0.340 e. The Labute approximate surface area is 81.1 Å². The van der Waals surface area contributed by atoms with Crippen LogP contribution in [0.2, 0.25) is 0 Å². The summed E-state index contributed by atoms with van der Waals surface area (Å²) >= 11 is 0. The number of nitrogens with two attached hydrogens (primary N) is 1. The van der Waals surface area contributed by atoms with E-state index in [4.69, 9.17) is 10.2 Å². The van der Waals surface area contributed by atoms with Gasteiger partial charge in [0, 0.05) is 11.9 Å². The molecule has 0 aliphatic carbocycles. The fourth-order valence-corrected chi connectivity index (χ4v) is 1.40. The lowest BCUT2D eigenvalue weighted by Gasteiger charge is -2.00. The van der Waals surface area contributed by atoms with E-state index in [1.807, 2.05) is 25.1 Å². The van der Waals surface area contributed by atoms with Crippen molar-refractivity contribution in [2.75, 3.05) is 0 Å². The Morgan fingerprint density at radius 3 is 2.86 bits per heavy atom. The topological polar surface area (TPSA) is 56.2 Å². The summed E-state index contributed by atoms with van der Waals surface area (Å²) in [6.07, 6.45) is 0. The maximum Gasteiger partial charge on any atom is 0.340 e. The third-order valence-corrected chi connectivity index (χ3v) is 2.18. The molecule has 2 N–H and O–H groups in total. The highest BCUT2D eigenvalue weighted by atomic mass is 16.4. The molecule has 0 bridgehead atoms. The molecule has 14 heavy (non-hydrogen) atoms. The van der Waals surface area contributed by atoms with E-state index in [0.29, 0.717) is 11.1 Å². The lowest BCUT2D eigenvalue weighted by molar-refractivity contribution is 0.550. The molecule has 0 spiro atoms. The second kappa shape index (κ2) is 3.27. The first-order valence-corrected chi connectivity index (χ1v) is 4.44. The van der Waals surface area contributed by atoms with Gasteiger partial charge in [0.2, 0.25) is 0 Å². The molecule has 0 unspecified atom stereocenters. The zero-order chi connectivity index (χ0) is 10.1. The van der Waals surface area contributed by atoms with Crippen LogP contribution in [0.25, 0.3) is 11.0 Å². The molecule has 0 aliphatic heterocycles. The van der Waals surface area contributed by atoms with E-state index >= 15 is 0 Å². The standard InChI is InChI=1S/C11H11NO2/c1-7-2-3-8-5-9(6-12)11(13)14-10(8)4-7/h2-5H,6,12H2,1H3. The summed E-state index contributed by atoms with van der Waals surface area (Å²) in [4.78, 5) is 11.3. The molecule has 3 nitrogen and oxygen atoms in total. The van der Waals surface area contributed by atoms with Gasteiger partial charge in [-0.3, -0.25) is 0 Å². The molecule has 3 heteroatoms. The van der Waals surface area contributed by atoms with E-state index in [2.05, 4.69) is 0 Å². The highest BCUT2D eigenvalue weighted by molar-refractivity contribution is 5.77. The fourth-order valence-electron chi connectivity index (χ4n) is 1.40. The number of hydrogen-bond donors (Lipinski definition) is 1. The molecule has 1 aromatic carbocycles. The lowest BCUT2D eigenvalue weighted by atomic mass is 10.1. The molecular formula is C11H11NO2. The minimum absolute atomic E-state index is 0.214. The minimum atomic E-state index is -0.342. The maximum atomic E-state index is 11.3. The van der Waals surface area contributed by atoms with Crippen LogP contribution in [0.1, 0.15) is 11.1 Å². The number of rotatable bonds is 1. The molecule has 0 saturated heterocycles. The van der Waals surface area contributed by atoms with Crippen molar-refractivity contribution in [1.82, 2.24) is 0 Å². The van der Waals surface area contributed by atoms with Gasteiger partial charge in [0.1, 0.15) is 5.58 Å². The van der Waals surface area contributed by atoms with Crippen LogP contribution in [0, 0.1) is 6.92 Å². The van der Waals surface area contributed by atoms with E-state index in [1.54, 1.807) is 6.07 Å². The van der Waals surface area contributed by atoms with Crippen molar-refractivity contribution in [3.05, 3.63) is 45.8 Å². The monoisotopic (exact) mass is 189 g/mol. The molecule has 0 fully saturated rings. The van der Waals surface area contributed by atoms with Crippen LogP contribution in [-0.4, -0.2) is 0 Å². The highest BCUT2D eigenvalue weighted by Crippen LogP contribution is 2.14. The molecule has 1 aromatic heterocycles. The third kappa shape index (κ3) is 1.42. The summed E-state index contributed by atoms with van der Waals surface area (Å²) in [6, 6.07) is 7.52. The van der Waals surface area contributed by atoms with Gasteiger partial charge in [0.05, 0.1) is 5.56 Å². The predicted octanol–water partition coefficient (Wildman–Crippen LogP) is 1.56. The van der Waals surface area contributed by atoms with Crippen molar-refractivity contribution in [3.63, 3.8) is 0 Å². The summed E-state index contributed by atoms with van der Waals surface area (Å²) in [5.74, 6) is 0. The molecule has 72 valence electrons. The second-order valence-electron chi connectivity index (χ2n) is 3.30. The average molecular weight is 189 g/mol. The summed E-state index contributed by atoms with van der Waals surface area (Å²) in [7, 11) is 0. The van der Waals surface area contributed by atoms with Crippen LogP contribution >= 0.6 is 0 Å². The van der Waals surface area contributed by atoms with Crippen LogP contribution in [0.15, 0.2) is 33.5 Å². The maximum absolute atomic E-state index is 11.3. The summed E-state index contributed by atoms with van der Waals surface area (Å²) in [5.41, 5.74) is 7.27. The number of benzene rings is 1. The lowest BCUT2D eigenvalue weighted by Crippen LogP contribution is -2.11. The molecular weight excluding hydrogens is 178 g/mol. The van der Waals surface area contributed by atoms with Crippen LogP contribution in [0.5, 0.6) is 0 Å². The van der Waals surface area contributed by atoms with Gasteiger partial charge in [0.15, 0.2) is 0 Å². The number of aryl methyl sites for hydroxylation is 1. The second-order valence-corrected chi connectivity index (χ2v) is 3.30. The molecule has 0 aliphatic rings. The van der Waals surface area contributed by atoms with E-state index in [0.717, 1.165) is 10.9 Å². The fraction of sp³-hybridized carbons (Fsp3) is 0.182. The van der Waals surface area contributed by atoms with Gasteiger partial charge in [-0.05, 0) is 24.6 Å². The van der Waals surface area contributed by atoms with Crippen LogP contribution in [0.3, 0.4) is 0 Å². The molecule has 2 rings (SSSR count). The molecule has 0 saturated carbocycles. The Morgan fingerprint density at radius 2 is 2.14 bits per heavy atom. The normalized spacial score (nSPS) is 10.7. The van der Waals surface area contributed by atoms with Gasteiger partial charge in [-0.1, -0.05) is 12.1 Å². The van der Waals surface area contributed by atoms with Gasteiger partial charge in [-0.15, -0.1) is 0 Å². The van der Waals surface area contributed by atoms with Crippen LogP contribution in [0.4, 0.5) is 0 Å². The number of hydrogen-bond acceptors (Lipinski definition) is 3. The van der Waals surface area contributed by atoms with Gasteiger partial charge in [-0.2, -0.15) is 0 Å². The average Bonchev–Trinajstić information content (AvgIpc) is 2.16. The van der Waals surface area contributed by atoms with Crippen molar-refractivity contribution in [3.8, 4) is 0 Å². The molecule has 2 aromatic rings. The van der Waals surface area contributed by atoms with Gasteiger partial charge < -0.3 is 10.2 Å². The highest BCUT2D eigenvalue weighted by Gasteiger charge is 2.02. The summed E-state index contributed by atoms with van der Waals surface area (Å²) in [5, 5.41) is 0.913. The summed E-state index contributed by atoms with van der Waals surface area (Å²) < 4.78 is 5.13. The van der Waals surface area contributed by atoms with E-state index < -0.39 is 0 Å². The SMILES string of the molecule is Cc1ccc2cc(CN)c(=O)oc2c1. The largest absolute Gasteiger partial charge is 0.422 e. The molecule has 0 amide bonds. The van der Waals surface area contributed by atoms with Crippen molar-refractivity contribution >= 4 is 11.0 Å². The zero-order valence-electron chi connectivity index (χ0n) is 7.91. The molecule has 1 heterocycles. The van der Waals surface area contributed by atoms with Crippen LogP contribution in [-0.2, 0) is 6.54 Å². The Bertz CT molecular complexity index is 528. The first kappa shape index (κ1) is 8.97. The minimum Gasteiger partial charge on any atom is -0.422 e. The Morgan fingerprint density at radius 1 is 1.36 bits per heavy atom. The van der Waals surface area contributed by atoms with Crippen molar-refractivity contribution in [2.45, 2.75) is 13.5 Å².